The molecule has 8 nitrogen and oxygen atoms in total. The van der Waals surface area contributed by atoms with Crippen molar-refractivity contribution in [2.45, 2.75) is 18.7 Å². The van der Waals surface area contributed by atoms with Crippen molar-refractivity contribution in [1.29, 1.82) is 0 Å². The van der Waals surface area contributed by atoms with Gasteiger partial charge in [-0.3, -0.25) is 14.3 Å². The average molecular weight is 431 g/mol. The van der Waals surface area contributed by atoms with Gasteiger partial charge in [-0.25, -0.2) is 13.4 Å². The third-order valence-electron chi connectivity index (χ3n) is 3.73. The molecule has 0 saturated heterocycles. The summed E-state index contributed by atoms with van der Waals surface area (Å²) in [4.78, 5) is 27.7. The summed E-state index contributed by atoms with van der Waals surface area (Å²) in [6.45, 7) is 3.25. The Labute approximate surface area is 172 Å². The van der Waals surface area contributed by atoms with E-state index < -0.39 is 15.9 Å². The molecule has 0 spiro atoms. The van der Waals surface area contributed by atoms with Crippen LogP contribution in [-0.4, -0.2) is 25.2 Å². The minimum atomic E-state index is -3.79. The van der Waals surface area contributed by atoms with E-state index in [0.29, 0.717) is 11.4 Å². The Bertz CT molecular complexity index is 1150. The number of amides is 2. The highest BCUT2D eigenvalue weighted by Gasteiger charge is 2.18. The summed E-state index contributed by atoms with van der Waals surface area (Å²) in [6, 6.07) is 13.0. The molecular formula is C19H18N4O4S2. The van der Waals surface area contributed by atoms with Gasteiger partial charge in [-0.15, -0.1) is 11.3 Å². The Morgan fingerprint density at radius 1 is 1.00 bits per heavy atom. The standard InChI is InChI=1S/C19H18N4O4S2/c1-12-6-8-16(9-7-12)29(26,27)23-19-22-17(11-28-19)18(25)21-15-5-3-4-14(10-15)20-13(2)24/h3-11H,1-2H3,(H,20,24)(H,21,25)(H,22,23). The summed E-state index contributed by atoms with van der Waals surface area (Å²) in [6.07, 6.45) is 0. The van der Waals surface area contributed by atoms with Crippen molar-refractivity contribution in [3.8, 4) is 0 Å². The van der Waals surface area contributed by atoms with Crippen LogP contribution in [0.1, 0.15) is 23.0 Å². The number of aryl methyl sites for hydroxylation is 1. The second-order valence-electron chi connectivity index (χ2n) is 6.17. The number of carbonyl (C=O) groups excluding carboxylic acids is 2. The lowest BCUT2D eigenvalue weighted by molar-refractivity contribution is -0.114. The summed E-state index contributed by atoms with van der Waals surface area (Å²) < 4.78 is 27.2. The van der Waals surface area contributed by atoms with E-state index in [-0.39, 0.29) is 21.6 Å². The van der Waals surface area contributed by atoms with Crippen LogP contribution in [0.2, 0.25) is 0 Å². The molecule has 2 amide bonds. The number of carbonyl (C=O) groups is 2. The number of anilines is 3. The Hall–Kier alpha value is -3.24. The van der Waals surface area contributed by atoms with Gasteiger partial charge in [0.25, 0.3) is 15.9 Å². The third-order valence-corrected chi connectivity index (χ3v) is 5.97. The first-order valence-corrected chi connectivity index (χ1v) is 10.8. The number of hydrogen-bond acceptors (Lipinski definition) is 6. The molecule has 0 aliphatic carbocycles. The highest BCUT2D eigenvalue weighted by molar-refractivity contribution is 7.93. The van der Waals surface area contributed by atoms with Crippen molar-refractivity contribution in [3.63, 3.8) is 0 Å². The van der Waals surface area contributed by atoms with E-state index in [0.717, 1.165) is 16.9 Å². The first-order valence-electron chi connectivity index (χ1n) is 8.47. The summed E-state index contributed by atoms with van der Waals surface area (Å²) in [5, 5.41) is 6.83. The molecule has 3 aromatic rings. The Kier molecular flexibility index (Phi) is 5.95. The normalized spacial score (nSPS) is 11.0. The largest absolute Gasteiger partial charge is 0.326 e. The minimum Gasteiger partial charge on any atom is -0.326 e. The Morgan fingerprint density at radius 2 is 1.66 bits per heavy atom. The van der Waals surface area contributed by atoms with Crippen LogP contribution in [0, 0.1) is 6.92 Å². The quantitative estimate of drug-likeness (QED) is 0.554. The fraction of sp³-hybridized carbons (Fsp3) is 0.105. The van der Waals surface area contributed by atoms with Crippen LogP contribution in [-0.2, 0) is 14.8 Å². The van der Waals surface area contributed by atoms with Gasteiger partial charge in [0.15, 0.2) is 5.13 Å². The van der Waals surface area contributed by atoms with E-state index in [1.54, 1.807) is 36.4 Å². The van der Waals surface area contributed by atoms with Crippen LogP contribution >= 0.6 is 11.3 Å². The second-order valence-corrected chi connectivity index (χ2v) is 8.71. The van der Waals surface area contributed by atoms with Crippen molar-refractivity contribution in [3.05, 3.63) is 65.2 Å². The maximum Gasteiger partial charge on any atom is 0.275 e. The van der Waals surface area contributed by atoms with Crippen LogP contribution in [0.3, 0.4) is 0 Å². The second kappa shape index (κ2) is 8.41. The van der Waals surface area contributed by atoms with Crippen LogP contribution < -0.4 is 15.4 Å². The van der Waals surface area contributed by atoms with Gasteiger partial charge in [-0.1, -0.05) is 23.8 Å². The summed E-state index contributed by atoms with van der Waals surface area (Å²) >= 11 is 1.01. The van der Waals surface area contributed by atoms with E-state index in [1.165, 1.54) is 24.4 Å². The number of nitrogens with one attached hydrogen (secondary N) is 3. The predicted molar refractivity (Wildman–Crippen MR) is 113 cm³/mol. The van der Waals surface area contributed by atoms with Crippen LogP contribution in [0.5, 0.6) is 0 Å². The highest BCUT2D eigenvalue weighted by atomic mass is 32.2. The van der Waals surface area contributed by atoms with Gasteiger partial charge in [0.1, 0.15) is 5.69 Å². The lowest BCUT2D eigenvalue weighted by Gasteiger charge is -2.07. The monoisotopic (exact) mass is 430 g/mol. The molecule has 150 valence electrons. The molecule has 0 aliphatic rings. The number of benzene rings is 2. The van der Waals surface area contributed by atoms with Crippen molar-refractivity contribution in [2.24, 2.45) is 0 Å². The zero-order valence-corrected chi connectivity index (χ0v) is 17.2. The zero-order chi connectivity index (χ0) is 21.0. The molecule has 0 atom stereocenters. The topological polar surface area (TPSA) is 117 Å². The molecule has 10 heteroatoms. The summed E-state index contributed by atoms with van der Waals surface area (Å²) in [5.41, 5.74) is 2.03. The maximum absolute atomic E-state index is 12.4. The molecule has 29 heavy (non-hydrogen) atoms. The van der Waals surface area contributed by atoms with Gasteiger partial charge >= 0.3 is 0 Å². The van der Waals surface area contributed by atoms with E-state index in [1.807, 2.05) is 6.92 Å². The SMILES string of the molecule is CC(=O)Nc1cccc(NC(=O)c2csc(NS(=O)(=O)c3ccc(C)cc3)n2)c1. The smallest absolute Gasteiger partial charge is 0.275 e. The average Bonchev–Trinajstić information content (AvgIpc) is 3.10. The molecule has 1 aromatic heterocycles. The number of thiazole rings is 1. The van der Waals surface area contributed by atoms with Crippen molar-refractivity contribution in [2.75, 3.05) is 15.4 Å². The summed E-state index contributed by atoms with van der Waals surface area (Å²) in [7, 11) is -3.79. The number of nitrogens with zero attached hydrogens (tertiary/aromatic N) is 1. The molecule has 0 aliphatic heterocycles. The van der Waals surface area contributed by atoms with Crippen molar-refractivity contribution < 1.29 is 18.0 Å². The van der Waals surface area contributed by atoms with Gasteiger partial charge < -0.3 is 10.6 Å². The molecule has 0 unspecified atom stereocenters. The maximum atomic E-state index is 12.4. The minimum absolute atomic E-state index is 0.0709. The zero-order valence-electron chi connectivity index (χ0n) is 15.6. The first kappa shape index (κ1) is 20.5. The van der Waals surface area contributed by atoms with Gasteiger partial charge in [-0.05, 0) is 37.3 Å². The van der Waals surface area contributed by atoms with E-state index >= 15 is 0 Å². The predicted octanol–water partition coefficient (Wildman–Crippen LogP) is 3.46. The molecular weight excluding hydrogens is 412 g/mol. The molecule has 1 heterocycles. The van der Waals surface area contributed by atoms with E-state index in [9.17, 15) is 18.0 Å². The molecule has 0 radical (unpaired) electrons. The molecule has 3 rings (SSSR count). The Morgan fingerprint density at radius 3 is 2.31 bits per heavy atom. The molecule has 0 saturated carbocycles. The lowest BCUT2D eigenvalue weighted by Crippen LogP contribution is -2.15. The van der Waals surface area contributed by atoms with E-state index in [2.05, 4.69) is 20.3 Å². The van der Waals surface area contributed by atoms with Crippen molar-refractivity contribution in [1.82, 2.24) is 4.98 Å². The first-order chi connectivity index (χ1) is 13.7. The molecule has 2 aromatic carbocycles. The van der Waals surface area contributed by atoms with Crippen LogP contribution in [0.4, 0.5) is 16.5 Å². The van der Waals surface area contributed by atoms with Gasteiger partial charge in [-0.2, -0.15) is 0 Å². The third kappa shape index (κ3) is 5.39. The van der Waals surface area contributed by atoms with Gasteiger partial charge in [0.2, 0.25) is 5.91 Å². The van der Waals surface area contributed by atoms with Crippen LogP contribution in [0.15, 0.2) is 58.8 Å². The molecule has 3 N–H and O–H groups in total. The number of sulfonamides is 1. The van der Waals surface area contributed by atoms with Gasteiger partial charge in [0.05, 0.1) is 4.90 Å². The number of hydrogen-bond donors (Lipinski definition) is 3. The van der Waals surface area contributed by atoms with Crippen LogP contribution in [0.25, 0.3) is 0 Å². The molecule has 0 bridgehead atoms. The van der Waals surface area contributed by atoms with Gasteiger partial charge in [0, 0.05) is 23.7 Å². The van der Waals surface area contributed by atoms with Crippen molar-refractivity contribution >= 4 is 49.7 Å². The molecule has 0 fully saturated rings. The number of aromatic nitrogens is 1. The Balaban J connectivity index is 1.70. The fourth-order valence-electron chi connectivity index (χ4n) is 2.39. The lowest BCUT2D eigenvalue weighted by atomic mass is 10.2. The summed E-state index contributed by atoms with van der Waals surface area (Å²) in [5.74, 6) is -0.722. The highest BCUT2D eigenvalue weighted by Crippen LogP contribution is 2.22. The number of rotatable bonds is 6. The fourth-order valence-corrected chi connectivity index (χ4v) is 4.33. The van der Waals surface area contributed by atoms with E-state index in [4.69, 9.17) is 0 Å².